The number of nitrogens with two attached hydrogens (primary N) is 1. The van der Waals surface area contributed by atoms with Gasteiger partial charge in [0.1, 0.15) is 11.4 Å². The average molecular weight is 253 g/mol. The number of hydrogen-bond donors (Lipinski definition) is 2. The number of benzene rings is 1. The van der Waals surface area contributed by atoms with Gasteiger partial charge in [0.2, 0.25) is 0 Å². The van der Waals surface area contributed by atoms with Crippen molar-refractivity contribution < 1.29 is 14.1 Å². The van der Waals surface area contributed by atoms with Gasteiger partial charge in [-0.3, -0.25) is 14.9 Å². The summed E-state index contributed by atoms with van der Waals surface area (Å²) in [6, 6.07) is 2.88. The van der Waals surface area contributed by atoms with Gasteiger partial charge >= 0.3 is 0 Å². The van der Waals surface area contributed by atoms with E-state index in [2.05, 4.69) is 5.32 Å². The van der Waals surface area contributed by atoms with Crippen molar-refractivity contribution in [2.24, 2.45) is 5.73 Å². The molecule has 96 valence electrons. The summed E-state index contributed by atoms with van der Waals surface area (Å²) >= 11 is 0. The zero-order valence-corrected chi connectivity index (χ0v) is 9.43. The smallest absolute Gasteiger partial charge is 0.285 e. The Bertz CT molecular complexity index is 500. The lowest BCUT2D eigenvalue weighted by Gasteiger charge is -2.32. The van der Waals surface area contributed by atoms with Crippen LogP contribution in [0.25, 0.3) is 0 Å². The van der Waals surface area contributed by atoms with E-state index in [4.69, 9.17) is 5.73 Å². The summed E-state index contributed by atoms with van der Waals surface area (Å²) in [7, 11) is 0. The molecule has 0 bridgehead atoms. The number of carbonyl (C=O) groups is 1. The molecule has 0 unspecified atom stereocenters. The van der Waals surface area contributed by atoms with Crippen LogP contribution in [-0.4, -0.2) is 22.9 Å². The van der Waals surface area contributed by atoms with E-state index >= 15 is 0 Å². The molecule has 0 aromatic heterocycles. The number of halogens is 1. The number of rotatable bonds is 3. The lowest BCUT2D eigenvalue weighted by Crippen LogP contribution is -2.50. The highest BCUT2D eigenvalue weighted by atomic mass is 19.1. The van der Waals surface area contributed by atoms with Crippen LogP contribution in [0, 0.1) is 15.9 Å². The number of nitro groups is 1. The van der Waals surface area contributed by atoms with Crippen LogP contribution >= 0.6 is 0 Å². The van der Waals surface area contributed by atoms with Crippen molar-refractivity contribution in [3.63, 3.8) is 0 Å². The van der Waals surface area contributed by atoms with Crippen LogP contribution in [0.5, 0.6) is 0 Å². The first kappa shape index (κ1) is 12.4. The maximum atomic E-state index is 12.9. The monoisotopic (exact) mass is 253 g/mol. The molecule has 1 aromatic carbocycles. The predicted octanol–water partition coefficient (Wildman–Crippen LogP) is 0.953. The molecular weight excluding hydrogens is 241 g/mol. The van der Waals surface area contributed by atoms with Crippen molar-refractivity contribution >= 4 is 11.6 Å². The summed E-state index contributed by atoms with van der Waals surface area (Å²) < 4.78 is 12.9. The number of carbonyl (C=O) groups excluding carboxylic acids is 1. The highest BCUT2D eigenvalue weighted by molar-refractivity contribution is 5.98. The molecule has 0 radical (unpaired) electrons. The minimum absolute atomic E-state index is 0.0582. The normalized spacial score (nSPS) is 22.1. The van der Waals surface area contributed by atoms with Crippen LogP contribution in [0.1, 0.15) is 23.2 Å². The van der Waals surface area contributed by atoms with Gasteiger partial charge < -0.3 is 11.1 Å². The summed E-state index contributed by atoms with van der Waals surface area (Å²) in [5, 5.41) is 13.4. The Morgan fingerprint density at radius 2 is 2.17 bits per heavy atom. The molecule has 1 fully saturated rings. The fourth-order valence-electron chi connectivity index (χ4n) is 1.89. The second kappa shape index (κ2) is 4.69. The largest absolute Gasteiger partial charge is 0.349 e. The Labute approximate surface area is 102 Å². The van der Waals surface area contributed by atoms with Crippen LogP contribution < -0.4 is 11.1 Å². The van der Waals surface area contributed by atoms with Crippen LogP contribution in [0.2, 0.25) is 0 Å². The van der Waals surface area contributed by atoms with Crippen LogP contribution in [0.15, 0.2) is 18.2 Å². The van der Waals surface area contributed by atoms with Crippen LogP contribution in [-0.2, 0) is 0 Å². The Morgan fingerprint density at radius 3 is 2.72 bits per heavy atom. The Kier molecular flexibility index (Phi) is 3.24. The van der Waals surface area contributed by atoms with E-state index in [-0.39, 0.29) is 17.6 Å². The summed E-state index contributed by atoms with van der Waals surface area (Å²) in [6.07, 6.45) is 1.31. The second-order valence-electron chi connectivity index (χ2n) is 4.32. The molecule has 0 saturated heterocycles. The first-order valence-corrected chi connectivity index (χ1v) is 5.47. The molecule has 1 amide bonds. The van der Waals surface area contributed by atoms with Gasteiger partial charge in [-0.2, -0.15) is 0 Å². The van der Waals surface area contributed by atoms with Gasteiger partial charge in [0.15, 0.2) is 0 Å². The van der Waals surface area contributed by atoms with Crippen LogP contribution in [0.3, 0.4) is 0 Å². The number of hydrogen-bond acceptors (Lipinski definition) is 4. The van der Waals surface area contributed by atoms with Crippen molar-refractivity contribution in [3.05, 3.63) is 39.7 Å². The minimum atomic E-state index is -0.773. The molecule has 2 rings (SSSR count). The van der Waals surface area contributed by atoms with E-state index in [1.165, 1.54) is 0 Å². The molecule has 18 heavy (non-hydrogen) atoms. The lowest BCUT2D eigenvalue weighted by molar-refractivity contribution is -0.385. The third-order valence-corrected chi connectivity index (χ3v) is 2.91. The topological polar surface area (TPSA) is 98.3 Å². The van der Waals surface area contributed by atoms with Crippen molar-refractivity contribution in [1.82, 2.24) is 5.32 Å². The Hall–Kier alpha value is -2.02. The summed E-state index contributed by atoms with van der Waals surface area (Å²) in [4.78, 5) is 21.8. The number of amides is 1. The van der Waals surface area contributed by atoms with E-state index in [0.717, 1.165) is 18.2 Å². The van der Waals surface area contributed by atoms with E-state index in [1.807, 2.05) is 0 Å². The zero-order chi connectivity index (χ0) is 13.3. The quantitative estimate of drug-likeness (QED) is 0.619. The second-order valence-corrected chi connectivity index (χ2v) is 4.32. The van der Waals surface area contributed by atoms with Crippen molar-refractivity contribution in [2.75, 3.05) is 0 Å². The van der Waals surface area contributed by atoms with Gasteiger partial charge in [-0.15, -0.1) is 0 Å². The summed E-state index contributed by atoms with van der Waals surface area (Å²) in [5.74, 6) is -1.32. The molecule has 1 aliphatic rings. The Balaban J connectivity index is 2.16. The molecule has 1 aromatic rings. The lowest BCUT2D eigenvalue weighted by atomic mass is 9.87. The Morgan fingerprint density at radius 1 is 1.50 bits per heavy atom. The third-order valence-electron chi connectivity index (χ3n) is 2.91. The van der Waals surface area contributed by atoms with E-state index < -0.39 is 22.3 Å². The molecule has 3 N–H and O–H groups in total. The molecular formula is C11H12FN3O3. The molecule has 0 heterocycles. The predicted molar refractivity (Wildman–Crippen MR) is 61.5 cm³/mol. The fraction of sp³-hybridized carbons (Fsp3) is 0.364. The zero-order valence-electron chi connectivity index (χ0n) is 9.43. The highest BCUT2D eigenvalue weighted by Gasteiger charge is 2.29. The molecule has 0 spiro atoms. The molecule has 1 saturated carbocycles. The average Bonchev–Trinajstić information content (AvgIpc) is 2.26. The molecule has 6 nitrogen and oxygen atoms in total. The third kappa shape index (κ3) is 2.45. The van der Waals surface area contributed by atoms with Gasteiger partial charge in [0, 0.05) is 12.1 Å². The van der Waals surface area contributed by atoms with Gasteiger partial charge in [0.25, 0.3) is 11.6 Å². The first-order chi connectivity index (χ1) is 8.47. The number of nitrogens with one attached hydrogen (secondary N) is 1. The van der Waals surface area contributed by atoms with Crippen molar-refractivity contribution in [2.45, 2.75) is 24.9 Å². The van der Waals surface area contributed by atoms with Crippen molar-refractivity contribution in [1.29, 1.82) is 0 Å². The highest BCUT2D eigenvalue weighted by Crippen LogP contribution is 2.22. The van der Waals surface area contributed by atoms with Gasteiger partial charge in [-0.25, -0.2) is 4.39 Å². The summed E-state index contributed by atoms with van der Waals surface area (Å²) in [6.45, 7) is 0. The maximum absolute atomic E-state index is 12.9. The minimum Gasteiger partial charge on any atom is -0.349 e. The van der Waals surface area contributed by atoms with Gasteiger partial charge in [-0.1, -0.05) is 0 Å². The van der Waals surface area contributed by atoms with Gasteiger partial charge in [0.05, 0.1) is 11.0 Å². The first-order valence-electron chi connectivity index (χ1n) is 5.47. The summed E-state index contributed by atoms with van der Waals surface area (Å²) in [5.41, 5.74) is 4.90. The number of nitro benzene ring substituents is 1. The molecule has 0 aliphatic heterocycles. The molecule has 7 heteroatoms. The van der Waals surface area contributed by atoms with E-state index in [9.17, 15) is 19.3 Å². The van der Waals surface area contributed by atoms with Crippen molar-refractivity contribution in [3.8, 4) is 0 Å². The van der Waals surface area contributed by atoms with Gasteiger partial charge in [-0.05, 0) is 25.0 Å². The maximum Gasteiger partial charge on any atom is 0.285 e. The number of nitrogens with zero attached hydrogens (tertiary/aromatic N) is 1. The molecule has 0 atom stereocenters. The fourth-order valence-corrected chi connectivity index (χ4v) is 1.89. The van der Waals surface area contributed by atoms with E-state index in [1.54, 1.807) is 0 Å². The standard InChI is InChI=1S/C11H12FN3O3/c12-6-1-2-9(10(3-6)15(17)18)11(16)14-8-4-7(13)5-8/h1-3,7-8H,4-5,13H2,(H,14,16). The SMILES string of the molecule is NC1CC(NC(=O)c2ccc(F)cc2[N+](=O)[O-])C1. The van der Waals surface area contributed by atoms with Crippen LogP contribution in [0.4, 0.5) is 10.1 Å². The van der Waals surface area contributed by atoms with E-state index in [0.29, 0.717) is 12.8 Å². The molecule has 1 aliphatic carbocycles.